The van der Waals surface area contributed by atoms with Gasteiger partial charge in [0.1, 0.15) is 0 Å². The molecule has 1 fully saturated rings. The van der Waals surface area contributed by atoms with E-state index < -0.39 is 0 Å². The van der Waals surface area contributed by atoms with Gasteiger partial charge in [-0.1, -0.05) is 34.6 Å². The number of hydrogen-bond donors (Lipinski definition) is 2. The Morgan fingerprint density at radius 3 is 2.26 bits per heavy atom. The maximum Gasteiger partial charge on any atom is 0.223 e. The first-order chi connectivity index (χ1) is 8.79. The molecule has 0 amide bonds. The Labute approximate surface area is 116 Å². The van der Waals surface area contributed by atoms with Crippen LogP contribution in [0.1, 0.15) is 57.5 Å². The van der Waals surface area contributed by atoms with Crippen LogP contribution in [-0.4, -0.2) is 29.1 Å². The average Bonchev–Trinajstić information content (AvgIpc) is 2.20. The van der Waals surface area contributed by atoms with Crippen molar-refractivity contribution in [1.82, 2.24) is 15.3 Å². The van der Waals surface area contributed by atoms with E-state index in [0.29, 0.717) is 12.0 Å². The minimum Gasteiger partial charge on any atom is -0.349 e. The number of nitrogens with one attached hydrogen (secondary N) is 2. The zero-order chi connectivity index (χ0) is 14.2. The summed E-state index contributed by atoms with van der Waals surface area (Å²) in [4.78, 5) is 9.44. The Hall–Kier alpha value is -1.16. The highest BCUT2D eigenvalue weighted by atomic mass is 15.2. The minimum atomic E-state index is 0.0433. The van der Waals surface area contributed by atoms with Gasteiger partial charge in [-0.25, -0.2) is 9.97 Å². The van der Waals surface area contributed by atoms with Crippen molar-refractivity contribution in [3.63, 3.8) is 0 Å². The molecule has 19 heavy (non-hydrogen) atoms. The van der Waals surface area contributed by atoms with Gasteiger partial charge in [-0.05, 0) is 18.4 Å². The van der Waals surface area contributed by atoms with E-state index in [1.807, 2.05) is 0 Å². The molecule has 0 radical (unpaired) electrons. The Kier molecular flexibility index (Phi) is 3.81. The summed E-state index contributed by atoms with van der Waals surface area (Å²) in [5.74, 6) is 1.23. The number of rotatable bonds is 3. The quantitative estimate of drug-likeness (QED) is 0.879. The Morgan fingerprint density at radius 2 is 1.84 bits per heavy atom. The first-order valence-corrected chi connectivity index (χ1v) is 7.15. The second kappa shape index (κ2) is 5.08. The zero-order valence-corrected chi connectivity index (χ0v) is 13.0. The lowest BCUT2D eigenvalue weighted by Crippen LogP contribution is -2.51. The van der Waals surface area contributed by atoms with Crippen molar-refractivity contribution in [3.05, 3.63) is 17.0 Å². The fraction of sp³-hybridized carbons (Fsp3) is 0.733. The molecule has 2 heterocycles. The lowest BCUT2D eigenvalue weighted by Gasteiger charge is -2.30. The highest BCUT2D eigenvalue weighted by Gasteiger charge is 2.25. The maximum absolute atomic E-state index is 4.80. The van der Waals surface area contributed by atoms with Crippen LogP contribution in [0, 0.1) is 6.92 Å². The lowest BCUT2D eigenvalue weighted by molar-refractivity contribution is 0.468. The van der Waals surface area contributed by atoms with Crippen LogP contribution in [0.5, 0.6) is 0 Å². The van der Waals surface area contributed by atoms with Crippen LogP contribution in [0.2, 0.25) is 0 Å². The van der Waals surface area contributed by atoms with E-state index in [0.717, 1.165) is 24.7 Å². The summed E-state index contributed by atoms with van der Waals surface area (Å²) < 4.78 is 0. The molecular formula is C15H26N4. The average molecular weight is 262 g/mol. The van der Waals surface area contributed by atoms with Crippen molar-refractivity contribution in [1.29, 1.82) is 0 Å². The molecule has 0 aliphatic carbocycles. The van der Waals surface area contributed by atoms with Gasteiger partial charge in [-0.15, -0.1) is 0 Å². The van der Waals surface area contributed by atoms with E-state index in [2.05, 4.69) is 57.2 Å². The fourth-order valence-electron chi connectivity index (χ4n) is 2.48. The summed E-state index contributed by atoms with van der Waals surface area (Å²) in [6.07, 6.45) is 0. The van der Waals surface area contributed by atoms with E-state index in [4.69, 9.17) is 4.98 Å². The normalized spacial score (nSPS) is 16.6. The first-order valence-electron chi connectivity index (χ1n) is 7.15. The predicted molar refractivity (Wildman–Crippen MR) is 79.8 cm³/mol. The van der Waals surface area contributed by atoms with Crippen LogP contribution in [0.15, 0.2) is 0 Å². The summed E-state index contributed by atoms with van der Waals surface area (Å²) >= 11 is 0. The van der Waals surface area contributed by atoms with Gasteiger partial charge in [-0.2, -0.15) is 0 Å². The molecule has 0 aromatic carbocycles. The third-order valence-corrected chi connectivity index (χ3v) is 3.54. The van der Waals surface area contributed by atoms with Crippen LogP contribution in [0.4, 0.5) is 5.95 Å². The van der Waals surface area contributed by atoms with E-state index >= 15 is 0 Å². The number of hydrogen-bond acceptors (Lipinski definition) is 4. The van der Waals surface area contributed by atoms with Crippen molar-refractivity contribution >= 4 is 5.95 Å². The number of aryl methyl sites for hydroxylation is 1. The third-order valence-electron chi connectivity index (χ3n) is 3.54. The van der Waals surface area contributed by atoms with Gasteiger partial charge in [0.2, 0.25) is 5.95 Å². The third kappa shape index (κ3) is 3.06. The maximum atomic E-state index is 4.80. The largest absolute Gasteiger partial charge is 0.349 e. The topological polar surface area (TPSA) is 49.8 Å². The van der Waals surface area contributed by atoms with Crippen LogP contribution in [0.3, 0.4) is 0 Å². The number of anilines is 1. The van der Waals surface area contributed by atoms with E-state index in [9.17, 15) is 0 Å². The van der Waals surface area contributed by atoms with Crippen molar-refractivity contribution < 1.29 is 0 Å². The van der Waals surface area contributed by atoms with Crippen molar-refractivity contribution in [2.75, 3.05) is 18.4 Å². The van der Waals surface area contributed by atoms with Gasteiger partial charge in [0.05, 0.1) is 11.7 Å². The SMILES string of the molecule is Cc1nc(NC2CNC2)nc(C(C)(C)C)c1C(C)C. The van der Waals surface area contributed by atoms with Crippen molar-refractivity contribution in [2.45, 2.75) is 58.9 Å². The van der Waals surface area contributed by atoms with Crippen LogP contribution >= 0.6 is 0 Å². The van der Waals surface area contributed by atoms with Crippen molar-refractivity contribution in [3.8, 4) is 0 Å². The number of aromatic nitrogens is 2. The highest BCUT2D eigenvalue weighted by molar-refractivity contribution is 5.40. The molecule has 4 heteroatoms. The molecule has 106 valence electrons. The monoisotopic (exact) mass is 262 g/mol. The highest BCUT2D eigenvalue weighted by Crippen LogP contribution is 2.31. The van der Waals surface area contributed by atoms with E-state index in [1.54, 1.807) is 0 Å². The van der Waals surface area contributed by atoms with Gasteiger partial charge < -0.3 is 10.6 Å². The summed E-state index contributed by atoms with van der Waals surface area (Å²) in [7, 11) is 0. The van der Waals surface area contributed by atoms with Gasteiger partial charge in [0.25, 0.3) is 0 Å². The molecule has 0 saturated carbocycles. The van der Waals surface area contributed by atoms with Gasteiger partial charge >= 0.3 is 0 Å². The Morgan fingerprint density at radius 1 is 1.21 bits per heavy atom. The second-order valence-electron chi connectivity index (χ2n) is 6.80. The molecule has 1 aromatic heterocycles. The molecule has 2 N–H and O–H groups in total. The van der Waals surface area contributed by atoms with Gasteiger partial charge in [-0.3, -0.25) is 0 Å². The molecule has 1 aliphatic rings. The molecule has 2 rings (SSSR count). The Balaban J connectivity index is 2.40. The summed E-state index contributed by atoms with van der Waals surface area (Å²) in [6.45, 7) is 15.2. The molecule has 4 nitrogen and oxygen atoms in total. The molecule has 0 atom stereocenters. The van der Waals surface area contributed by atoms with Crippen LogP contribution in [-0.2, 0) is 5.41 Å². The minimum absolute atomic E-state index is 0.0433. The molecular weight excluding hydrogens is 236 g/mol. The standard InChI is InChI=1S/C15H26N4/c1-9(2)12-10(3)17-14(18-11-7-16-8-11)19-13(12)15(4,5)6/h9,11,16H,7-8H2,1-6H3,(H,17,18,19). The van der Waals surface area contributed by atoms with Crippen molar-refractivity contribution in [2.24, 2.45) is 0 Å². The molecule has 0 spiro atoms. The van der Waals surface area contributed by atoms with Gasteiger partial charge in [0, 0.05) is 24.2 Å². The Bertz CT molecular complexity index is 456. The summed E-state index contributed by atoms with van der Waals surface area (Å²) in [5.41, 5.74) is 3.61. The second-order valence-corrected chi connectivity index (χ2v) is 6.80. The van der Waals surface area contributed by atoms with Crippen LogP contribution in [0.25, 0.3) is 0 Å². The molecule has 0 bridgehead atoms. The number of nitrogens with zero attached hydrogens (tertiary/aromatic N) is 2. The van der Waals surface area contributed by atoms with E-state index in [-0.39, 0.29) is 5.41 Å². The predicted octanol–water partition coefficient (Wildman–Crippen LogP) is 2.59. The molecule has 1 aromatic rings. The van der Waals surface area contributed by atoms with E-state index in [1.165, 1.54) is 11.3 Å². The first kappa shape index (κ1) is 14.3. The summed E-state index contributed by atoms with van der Waals surface area (Å²) in [5, 5.41) is 6.67. The van der Waals surface area contributed by atoms with Crippen LogP contribution < -0.4 is 10.6 Å². The molecule has 1 saturated heterocycles. The fourth-order valence-corrected chi connectivity index (χ4v) is 2.48. The molecule has 0 unspecified atom stereocenters. The smallest absolute Gasteiger partial charge is 0.223 e. The lowest BCUT2D eigenvalue weighted by atomic mass is 9.84. The zero-order valence-electron chi connectivity index (χ0n) is 13.0. The summed E-state index contributed by atoms with van der Waals surface area (Å²) in [6, 6.07) is 0.470. The molecule has 1 aliphatic heterocycles. The van der Waals surface area contributed by atoms with Gasteiger partial charge in [0.15, 0.2) is 0 Å².